The van der Waals surface area contributed by atoms with E-state index in [0.717, 1.165) is 24.4 Å². The number of amides is 1. The molecule has 16 heavy (non-hydrogen) atoms. The van der Waals surface area contributed by atoms with Crippen molar-refractivity contribution in [3.8, 4) is 0 Å². The molecular weight excluding hydrogens is 222 g/mol. The average molecular weight is 239 g/mol. The lowest BCUT2D eigenvalue weighted by atomic mass is 10.2. The largest absolute Gasteiger partial charge is 0.335 e. The topological polar surface area (TPSA) is 59.2 Å². The second-order valence-corrected chi connectivity index (χ2v) is 5.24. The first-order chi connectivity index (χ1) is 7.59. The monoisotopic (exact) mass is 239 g/mol. The van der Waals surface area contributed by atoms with E-state index >= 15 is 0 Å². The summed E-state index contributed by atoms with van der Waals surface area (Å²) < 4.78 is 0. The van der Waals surface area contributed by atoms with Crippen LogP contribution in [0.4, 0.5) is 0 Å². The maximum Gasteiger partial charge on any atom is 0.273 e. The molecule has 2 N–H and O–H groups in total. The van der Waals surface area contributed by atoms with Crippen LogP contribution in [0.1, 0.15) is 48.2 Å². The van der Waals surface area contributed by atoms with Crippen LogP contribution in [0.25, 0.3) is 0 Å². The van der Waals surface area contributed by atoms with Gasteiger partial charge in [0, 0.05) is 18.0 Å². The van der Waals surface area contributed by atoms with Crippen molar-refractivity contribution in [2.45, 2.75) is 38.8 Å². The molecular formula is C11H17N3OS. The predicted octanol–water partition coefficient (Wildman–Crippen LogP) is 1.79. The number of hydrogen-bond donors (Lipinski definition) is 1. The number of nitrogens with zero attached hydrogens (tertiary/aromatic N) is 2. The first-order valence-electron chi connectivity index (χ1n) is 5.61. The molecule has 1 aliphatic heterocycles. The molecule has 1 saturated heterocycles. The lowest BCUT2D eigenvalue weighted by Gasteiger charge is -2.19. The zero-order chi connectivity index (χ0) is 11.7. The summed E-state index contributed by atoms with van der Waals surface area (Å²) in [6, 6.07) is 0.246. The quantitative estimate of drug-likeness (QED) is 0.856. The highest BCUT2D eigenvalue weighted by molar-refractivity contribution is 7.09. The van der Waals surface area contributed by atoms with E-state index in [1.54, 1.807) is 0 Å². The van der Waals surface area contributed by atoms with Crippen molar-refractivity contribution in [3.05, 3.63) is 16.1 Å². The summed E-state index contributed by atoms with van der Waals surface area (Å²) in [5.74, 6) is 0.0492. The smallest absolute Gasteiger partial charge is 0.273 e. The fourth-order valence-electron chi connectivity index (χ4n) is 1.98. The number of carbonyl (C=O) groups excluding carboxylic acids is 1. The predicted molar refractivity (Wildman–Crippen MR) is 64.4 cm³/mol. The maximum atomic E-state index is 12.1. The van der Waals surface area contributed by atoms with Gasteiger partial charge in [0.2, 0.25) is 0 Å². The Labute approximate surface area is 99.5 Å². The summed E-state index contributed by atoms with van der Waals surface area (Å²) in [4.78, 5) is 18.3. The van der Waals surface area contributed by atoms with Crippen molar-refractivity contribution in [1.82, 2.24) is 9.88 Å². The van der Waals surface area contributed by atoms with Gasteiger partial charge in [0.1, 0.15) is 10.7 Å². The van der Waals surface area contributed by atoms with Crippen molar-refractivity contribution in [2.75, 3.05) is 6.54 Å². The van der Waals surface area contributed by atoms with E-state index in [9.17, 15) is 4.79 Å². The van der Waals surface area contributed by atoms with E-state index in [-0.39, 0.29) is 11.9 Å². The number of carbonyl (C=O) groups is 1. The molecule has 0 aromatic carbocycles. The summed E-state index contributed by atoms with van der Waals surface area (Å²) in [5.41, 5.74) is 6.28. The number of thiazole rings is 1. The molecule has 4 nitrogen and oxygen atoms in total. The van der Waals surface area contributed by atoms with Crippen LogP contribution >= 0.6 is 11.3 Å². The van der Waals surface area contributed by atoms with Crippen LogP contribution in [-0.2, 0) is 0 Å². The van der Waals surface area contributed by atoms with Crippen LogP contribution in [0.3, 0.4) is 0 Å². The third-order valence-electron chi connectivity index (χ3n) is 2.94. The summed E-state index contributed by atoms with van der Waals surface area (Å²) in [6.45, 7) is 4.82. The van der Waals surface area contributed by atoms with Crippen molar-refractivity contribution < 1.29 is 4.79 Å². The van der Waals surface area contributed by atoms with Gasteiger partial charge in [0.25, 0.3) is 5.91 Å². The summed E-state index contributed by atoms with van der Waals surface area (Å²) in [5, 5.41) is 2.64. The third-order valence-corrected chi connectivity index (χ3v) is 3.99. The number of aromatic nitrogens is 1. The van der Waals surface area contributed by atoms with Crippen molar-refractivity contribution in [1.29, 1.82) is 0 Å². The molecule has 1 fully saturated rings. The summed E-state index contributed by atoms with van der Waals surface area (Å²) in [7, 11) is 0. The Hall–Kier alpha value is -0.940. The minimum absolute atomic E-state index is 0.0492. The normalized spacial score (nSPS) is 22.4. The van der Waals surface area contributed by atoms with E-state index in [4.69, 9.17) is 5.73 Å². The molecule has 1 amide bonds. The molecule has 88 valence electrons. The van der Waals surface area contributed by atoms with Crippen LogP contribution in [0.5, 0.6) is 0 Å². The summed E-state index contributed by atoms with van der Waals surface area (Å²) >= 11 is 1.46. The number of hydrogen-bond acceptors (Lipinski definition) is 4. The highest BCUT2D eigenvalue weighted by atomic mass is 32.1. The number of rotatable bonds is 2. The molecule has 0 bridgehead atoms. The molecule has 0 spiro atoms. The Morgan fingerprint density at radius 1 is 1.75 bits per heavy atom. The van der Waals surface area contributed by atoms with Gasteiger partial charge in [0.15, 0.2) is 0 Å². The minimum Gasteiger partial charge on any atom is -0.335 e. The SMILES string of the molecule is CC(N)c1nc(C(=O)N2CCCC2C)cs1. The first-order valence-corrected chi connectivity index (χ1v) is 6.49. The second kappa shape index (κ2) is 4.51. The van der Waals surface area contributed by atoms with Crippen LogP contribution < -0.4 is 5.73 Å². The van der Waals surface area contributed by atoms with E-state index in [0.29, 0.717) is 11.7 Å². The number of nitrogens with two attached hydrogens (primary N) is 1. The van der Waals surface area contributed by atoms with Gasteiger partial charge < -0.3 is 10.6 Å². The van der Waals surface area contributed by atoms with E-state index in [1.807, 2.05) is 17.2 Å². The maximum absolute atomic E-state index is 12.1. The van der Waals surface area contributed by atoms with Gasteiger partial charge in [-0.3, -0.25) is 4.79 Å². The highest BCUT2D eigenvalue weighted by Gasteiger charge is 2.27. The van der Waals surface area contributed by atoms with Crippen LogP contribution in [0.2, 0.25) is 0 Å². The van der Waals surface area contributed by atoms with Crippen LogP contribution in [0.15, 0.2) is 5.38 Å². The van der Waals surface area contributed by atoms with E-state index in [2.05, 4.69) is 11.9 Å². The zero-order valence-electron chi connectivity index (χ0n) is 9.64. The van der Waals surface area contributed by atoms with Gasteiger partial charge in [-0.2, -0.15) is 0 Å². The average Bonchev–Trinajstić information content (AvgIpc) is 2.84. The molecule has 0 saturated carbocycles. The zero-order valence-corrected chi connectivity index (χ0v) is 10.5. The fourth-order valence-corrected chi connectivity index (χ4v) is 2.73. The molecule has 0 aliphatic carbocycles. The van der Waals surface area contributed by atoms with Gasteiger partial charge in [-0.05, 0) is 26.7 Å². The molecule has 2 atom stereocenters. The molecule has 1 aliphatic rings. The number of likely N-dealkylation sites (tertiary alicyclic amines) is 1. The van der Waals surface area contributed by atoms with Crippen LogP contribution in [0, 0.1) is 0 Å². The summed E-state index contributed by atoms with van der Waals surface area (Å²) in [6.07, 6.45) is 2.19. The van der Waals surface area contributed by atoms with E-state index < -0.39 is 0 Å². The first kappa shape index (κ1) is 11.5. The molecule has 1 aromatic heterocycles. The lowest BCUT2D eigenvalue weighted by Crippen LogP contribution is -2.33. The Bertz CT molecular complexity index is 388. The third kappa shape index (κ3) is 2.10. The molecule has 0 radical (unpaired) electrons. The van der Waals surface area contributed by atoms with Gasteiger partial charge >= 0.3 is 0 Å². The Morgan fingerprint density at radius 3 is 3.00 bits per heavy atom. The highest BCUT2D eigenvalue weighted by Crippen LogP contribution is 2.22. The Morgan fingerprint density at radius 2 is 2.50 bits per heavy atom. The standard InChI is InChI=1S/C11H17N3OS/c1-7-4-3-5-14(7)11(15)9-6-16-10(13-9)8(2)12/h6-8H,3-5,12H2,1-2H3. The lowest BCUT2D eigenvalue weighted by molar-refractivity contribution is 0.0742. The molecule has 2 rings (SSSR count). The van der Waals surface area contributed by atoms with E-state index in [1.165, 1.54) is 11.3 Å². The molecule has 5 heteroatoms. The van der Waals surface area contributed by atoms with Crippen molar-refractivity contribution >= 4 is 17.2 Å². The van der Waals surface area contributed by atoms with Crippen LogP contribution in [-0.4, -0.2) is 28.4 Å². The van der Waals surface area contributed by atoms with Gasteiger partial charge in [-0.25, -0.2) is 4.98 Å². The van der Waals surface area contributed by atoms with Gasteiger partial charge in [-0.15, -0.1) is 11.3 Å². The van der Waals surface area contributed by atoms with Crippen molar-refractivity contribution in [3.63, 3.8) is 0 Å². The molecule has 2 heterocycles. The fraction of sp³-hybridized carbons (Fsp3) is 0.636. The second-order valence-electron chi connectivity index (χ2n) is 4.35. The Kier molecular flexibility index (Phi) is 3.25. The van der Waals surface area contributed by atoms with Gasteiger partial charge in [-0.1, -0.05) is 0 Å². The molecule has 1 aromatic rings. The minimum atomic E-state index is -0.0949. The Balaban J connectivity index is 2.14. The molecule has 2 unspecified atom stereocenters. The van der Waals surface area contributed by atoms with Crippen molar-refractivity contribution in [2.24, 2.45) is 5.73 Å². The van der Waals surface area contributed by atoms with Gasteiger partial charge in [0.05, 0.1) is 6.04 Å².